The molecule has 2 heterocycles. The number of benzene rings is 1. The quantitative estimate of drug-likeness (QED) is 0.665. The maximum Gasteiger partial charge on any atom is 0.343 e. The van der Waals surface area contributed by atoms with E-state index in [2.05, 4.69) is 22.2 Å². The first-order valence-electron chi connectivity index (χ1n) is 8.55. The van der Waals surface area contributed by atoms with Crippen molar-refractivity contribution in [2.45, 2.75) is 32.6 Å². The number of ketones is 1. The van der Waals surface area contributed by atoms with E-state index in [1.165, 1.54) is 12.7 Å². The summed E-state index contributed by atoms with van der Waals surface area (Å²) in [6, 6.07) is 8.24. The second-order valence-corrected chi connectivity index (χ2v) is 6.75. The molecule has 1 atom stereocenters. The van der Waals surface area contributed by atoms with Crippen LogP contribution in [0.3, 0.4) is 0 Å². The fraction of sp³-hybridized carbons (Fsp3) is 0.300. The minimum absolute atomic E-state index is 0.0555. The second-order valence-electron chi connectivity index (χ2n) is 6.75. The number of carbonyl (C=O) groups is 2. The maximum atomic E-state index is 12.7. The fourth-order valence-corrected chi connectivity index (χ4v) is 3.71. The molecule has 0 N–H and O–H groups in total. The van der Waals surface area contributed by atoms with Crippen molar-refractivity contribution in [2.75, 3.05) is 7.11 Å². The highest BCUT2D eigenvalue weighted by Crippen LogP contribution is 2.33. The van der Waals surface area contributed by atoms with Crippen LogP contribution in [0, 0.1) is 13.8 Å². The Labute approximate surface area is 150 Å². The van der Waals surface area contributed by atoms with E-state index in [0.717, 1.165) is 11.3 Å². The summed E-state index contributed by atoms with van der Waals surface area (Å²) in [6.07, 6.45) is 2.69. The summed E-state index contributed by atoms with van der Waals surface area (Å²) in [4.78, 5) is 29.1. The minimum Gasteiger partial charge on any atom is -0.465 e. The molecule has 26 heavy (non-hydrogen) atoms. The summed E-state index contributed by atoms with van der Waals surface area (Å²) in [5, 5.41) is 4.48. The van der Waals surface area contributed by atoms with Crippen LogP contribution < -0.4 is 0 Å². The van der Waals surface area contributed by atoms with Crippen molar-refractivity contribution in [1.82, 2.24) is 14.6 Å². The van der Waals surface area contributed by atoms with Gasteiger partial charge in [0.2, 0.25) is 0 Å². The number of nitrogens with zero attached hydrogens (tertiary/aromatic N) is 3. The third kappa shape index (κ3) is 2.49. The predicted molar refractivity (Wildman–Crippen MR) is 95.6 cm³/mol. The van der Waals surface area contributed by atoms with Crippen molar-refractivity contribution in [1.29, 1.82) is 0 Å². The number of aryl methyl sites for hydroxylation is 2. The number of hydrogen-bond acceptors (Lipinski definition) is 5. The Morgan fingerprint density at radius 1 is 1.27 bits per heavy atom. The highest BCUT2D eigenvalue weighted by atomic mass is 16.5. The lowest BCUT2D eigenvalue weighted by Gasteiger charge is -2.24. The van der Waals surface area contributed by atoms with Crippen LogP contribution in [0.4, 0.5) is 0 Å². The van der Waals surface area contributed by atoms with E-state index in [4.69, 9.17) is 4.74 Å². The zero-order valence-electron chi connectivity index (χ0n) is 14.9. The van der Waals surface area contributed by atoms with Crippen LogP contribution in [0.5, 0.6) is 0 Å². The number of aromatic nitrogens is 3. The molecule has 1 aromatic carbocycles. The predicted octanol–water partition coefficient (Wildman–Crippen LogP) is 3.05. The van der Waals surface area contributed by atoms with Gasteiger partial charge in [0.25, 0.3) is 0 Å². The lowest BCUT2D eigenvalue weighted by atomic mass is 9.82. The van der Waals surface area contributed by atoms with Gasteiger partial charge in [-0.25, -0.2) is 14.3 Å². The molecule has 3 aromatic rings. The second kappa shape index (κ2) is 6.05. The molecule has 0 fully saturated rings. The number of hydrogen-bond donors (Lipinski definition) is 0. The monoisotopic (exact) mass is 349 g/mol. The van der Waals surface area contributed by atoms with Crippen molar-refractivity contribution in [2.24, 2.45) is 0 Å². The molecule has 6 heteroatoms. The average molecular weight is 349 g/mol. The molecule has 0 amide bonds. The van der Waals surface area contributed by atoms with Crippen molar-refractivity contribution < 1.29 is 14.3 Å². The highest BCUT2D eigenvalue weighted by molar-refractivity contribution is 6.00. The number of carbonyl (C=O) groups excluding carboxylic acids is 2. The summed E-state index contributed by atoms with van der Waals surface area (Å²) < 4.78 is 6.49. The third-order valence-corrected chi connectivity index (χ3v) is 4.99. The lowest BCUT2D eigenvalue weighted by molar-refractivity contribution is 0.0601. The van der Waals surface area contributed by atoms with E-state index < -0.39 is 5.97 Å². The van der Waals surface area contributed by atoms with E-state index in [9.17, 15) is 9.59 Å². The number of ether oxygens (including phenoxy) is 1. The average Bonchev–Trinajstić information content (AvgIpc) is 2.97. The van der Waals surface area contributed by atoms with Gasteiger partial charge in [0, 0.05) is 12.6 Å². The number of rotatable bonds is 2. The summed E-state index contributed by atoms with van der Waals surface area (Å²) in [5.74, 6) is -0.325. The summed E-state index contributed by atoms with van der Waals surface area (Å²) in [7, 11) is 1.33. The fourth-order valence-electron chi connectivity index (χ4n) is 3.71. The first kappa shape index (κ1) is 16.4. The van der Waals surface area contributed by atoms with Gasteiger partial charge in [-0.2, -0.15) is 5.10 Å². The molecular weight excluding hydrogens is 330 g/mol. The van der Waals surface area contributed by atoms with Crippen molar-refractivity contribution in [3.63, 3.8) is 0 Å². The van der Waals surface area contributed by atoms with Crippen LogP contribution in [0.15, 0.2) is 30.5 Å². The van der Waals surface area contributed by atoms with Gasteiger partial charge in [0.15, 0.2) is 11.4 Å². The zero-order chi connectivity index (χ0) is 18.4. The SMILES string of the molecule is COC(=O)c1c(C)nn2c3c(cnc12)C(=O)CC(c1cccc(C)c1)C3. The first-order valence-corrected chi connectivity index (χ1v) is 8.55. The van der Waals surface area contributed by atoms with E-state index in [1.807, 2.05) is 19.1 Å². The third-order valence-electron chi connectivity index (χ3n) is 4.99. The van der Waals surface area contributed by atoms with Crippen LogP contribution in [-0.2, 0) is 11.2 Å². The molecule has 4 rings (SSSR count). The van der Waals surface area contributed by atoms with E-state index in [-0.39, 0.29) is 11.7 Å². The molecule has 1 aliphatic rings. The van der Waals surface area contributed by atoms with E-state index in [1.54, 1.807) is 17.6 Å². The van der Waals surface area contributed by atoms with Gasteiger partial charge in [0.05, 0.1) is 24.1 Å². The van der Waals surface area contributed by atoms with Gasteiger partial charge in [0.1, 0.15) is 5.56 Å². The zero-order valence-corrected chi connectivity index (χ0v) is 14.9. The summed E-state index contributed by atoms with van der Waals surface area (Å²) in [5.41, 5.74) is 5.03. The van der Waals surface area contributed by atoms with Crippen molar-refractivity contribution in [3.8, 4) is 0 Å². The highest BCUT2D eigenvalue weighted by Gasteiger charge is 2.31. The molecule has 6 nitrogen and oxygen atoms in total. The molecule has 0 radical (unpaired) electrons. The molecule has 0 saturated heterocycles. The van der Waals surface area contributed by atoms with Crippen LogP contribution in [0.1, 0.15) is 55.6 Å². The number of Topliss-reactive ketones (excluding diaryl/α,β-unsaturated/α-hetero) is 1. The smallest absolute Gasteiger partial charge is 0.343 e. The number of fused-ring (bicyclic) bond motifs is 3. The van der Waals surface area contributed by atoms with Gasteiger partial charge in [-0.05, 0) is 31.7 Å². The first-order chi connectivity index (χ1) is 12.5. The normalized spacial score (nSPS) is 16.6. The van der Waals surface area contributed by atoms with Gasteiger partial charge < -0.3 is 4.74 Å². The summed E-state index contributed by atoms with van der Waals surface area (Å²) in [6.45, 7) is 3.79. The van der Waals surface area contributed by atoms with Crippen molar-refractivity contribution >= 4 is 17.4 Å². The molecule has 132 valence electrons. The molecule has 2 aromatic heterocycles. The molecule has 0 spiro atoms. The Hall–Kier alpha value is -3.02. The number of methoxy groups -OCH3 is 1. The Morgan fingerprint density at radius 3 is 2.81 bits per heavy atom. The molecule has 0 bridgehead atoms. The van der Waals surface area contributed by atoms with Crippen LogP contribution >= 0.6 is 0 Å². The Balaban J connectivity index is 1.86. The van der Waals surface area contributed by atoms with Crippen LogP contribution in [0.2, 0.25) is 0 Å². The Kier molecular flexibility index (Phi) is 3.83. The topological polar surface area (TPSA) is 73.6 Å². The molecule has 0 saturated carbocycles. The van der Waals surface area contributed by atoms with E-state index in [0.29, 0.717) is 35.3 Å². The van der Waals surface area contributed by atoms with Crippen LogP contribution in [0.25, 0.3) is 5.65 Å². The van der Waals surface area contributed by atoms with Gasteiger partial charge in [-0.15, -0.1) is 0 Å². The Bertz CT molecular complexity index is 1050. The standard InChI is InChI=1S/C20H19N3O3/c1-11-5-4-6-13(7-11)14-8-16-15(17(24)9-14)10-21-19-18(20(25)26-3)12(2)22-23(16)19/h4-7,10,14H,8-9H2,1-3H3. The number of esters is 1. The largest absolute Gasteiger partial charge is 0.465 e. The van der Waals surface area contributed by atoms with Crippen molar-refractivity contribution in [3.05, 3.63) is 64.1 Å². The molecule has 1 aliphatic carbocycles. The summed E-state index contributed by atoms with van der Waals surface area (Å²) >= 11 is 0. The maximum absolute atomic E-state index is 12.7. The van der Waals surface area contributed by atoms with Gasteiger partial charge in [-0.3, -0.25) is 4.79 Å². The minimum atomic E-state index is -0.470. The van der Waals surface area contributed by atoms with Gasteiger partial charge in [-0.1, -0.05) is 29.8 Å². The molecular formula is C20H19N3O3. The molecule has 0 aliphatic heterocycles. The van der Waals surface area contributed by atoms with E-state index >= 15 is 0 Å². The molecule has 1 unspecified atom stereocenters. The van der Waals surface area contributed by atoms with Crippen LogP contribution in [-0.4, -0.2) is 33.5 Å². The van der Waals surface area contributed by atoms with Gasteiger partial charge >= 0.3 is 5.97 Å². The lowest BCUT2D eigenvalue weighted by Crippen LogP contribution is -2.22. The Morgan fingerprint density at radius 2 is 2.08 bits per heavy atom.